The van der Waals surface area contributed by atoms with Crippen molar-refractivity contribution in [1.82, 2.24) is 0 Å². The molecule has 0 nitrogen and oxygen atoms in total. The van der Waals surface area contributed by atoms with Gasteiger partial charge in [0.05, 0.1) is 0 Å². The molecule has 0 N–H and O–H groups in total. The molecule has 0 heteroatoms. The first-order valence-corrected chi connectivity index (χ1v) is 5.72. The van der Waals surface area contributed by atoms with Gasteiger partial charge < -0.3 is 0 Å². The van der Waals surface area contributed by atoms with Crippen molar-refractivity contribution in [2.75, 3.05) is 0 Å². The summed E-state index contributed by atoms with van der Waals surface area (Å²) in [4.78, 5) is 0. The molecule has 0 radical (unpaired) electrons. The van der Waals surface area contributed by atoms with Gasteiger partial charge in [-0.1, -0.05) is 45.6 Å². The van der Waals surface area contributed by atoms with Crippen LogP contribution in [0.25, 0.3) is 0 Å². The van der Waals surface area contributed by atoms with E-state index in [-0.39, 0.29) is 0 Å². The molecule has 0 heterocycles. The first-order chi connectivity index (χ1) is 6.74. The fourth-order valence-corrected chi connectivity index (χ4v) is 2.43. The van der Waals surface area contributed by atoms with Crippen LogP contribution in [0.5, 0.6) is 0 Å². The summed E-state index contributed by atoms with van der Waals surface area (Å²) >= 11 is 0. The van der Waals surface area contributed by atoms with Gasteiger partial charge in [-0.3, -0.25) is 0 Å². The molecule has 0 aromatic heterocycles. The summed E-state index contributed by atoms with van der Waals surface area (Å²) < 4.78 is 0. The predicted octanol–water partition coefficient (Wildman–Crippen LogP) is 4.50. The second-order valence-electron chi connectivity index (χ2n) is 4.27. The number of hydrogen-bond acceptors (Lipinski definition) is 0. The van der Waals surface area contributed by atoms with E-state index in [4.69, 9.17) is 0 Å². The molecule has 0 bridgehead atoms. The lowest BCUT2D eigenvalue weighted by Gasteiger charge is -2.30. The van der Waals surface area contributed by atoms with Gasteiger partial charge in [0.15, 0.2) is 0 Å². The first kappa shape index (κ1) is 11.3. The molecular weight excluding hydrogens is 168 g/mol. The van der Waals surface area contributed by atoms with Crippen LogP contribution in [0, 0.1) is 11.8 Å². The first-order valence-electron chi connectivity index (χ1n) is 5.72. The Hall–Kier alpha value is -0.780. The molecular formula is C14H22. The number of allylic oxidation sites excluding steroid dienone is 4. The average Bonchev–Trinajstić information content (AvgIpc) is 2.26. The van der Waals surface area contributed by atoms with Crippen molar-refractivity contribution in [1.29, 1.82) is 0 Å². The molecule has 0 aromatic carbocycles. The largest absolute Gasteiger partial charge is 0.0988 e. The Morgan fingerprint density at radius 2 is 2.14 bits per heavy atom. The molecule has 1 rings (SSSR count). The van der Waals surface area contributed by atoms with E-state index >= 15 is 0 Å². The second kappa shape index (κ2) is 5.19. The zero-order valence-electron chi connectivity index (χ0n) is 9.55. The van der Waals surface area contributed by atoms with Crippen LogP contribution in [0.3, 0.4) is 0 Å². The van der Waals surface area contributed by atoms with Gasteiger partial charge in [0.2, 0.25) is 0 Å². The minimum Gasteiger partial charge on any atom is -0.0988 e. The van der Waals surface area contributed by atoms with Gasteiger partial charge in [0, 0.05) is 0 Å². The highest BCUT2D eigenvalue weighted by atomic mass is 14.3. The fourth-order valence-electron chi connectivity index (χ4n) is 2.43. The highest BCUT2D eigenvalue weighted by Gasteiger charge is 2.23. The smallest absolute Gasteiger partial charge is 0.0134 e. The summed E-state index contributed by atoms with van der Waals surface area (Å²) in [7, 11) is 0. The van der Waals surface area contributed by atoms with Crippen molar-refractivity contribution >= 4 is 0 Å². The van der Waals surface area contributed by atoms with E-state index in [1.54, 1.807) is 0 Å². The highest BCUT2D eigenvalue weighted by molar-refractivity contribution is 5.35. The van der Waals surface area contributed by atoms with E-state index in [0.717, 1.165) is 11.8 Å². The third kappa shape index (κ3) is 2.17. The fraction of sp³-hybridized carbons (Fsp3) is 0.571. The Kier molecular flexibility index (Phi) is 4.19. The Morgan fingerprint density at radius 3 is 2.64 bits per heavy atom. The van der Waals surface area contributed by atoms with Gasteiger partial charge in [-0.2, -0.15) is 0 Å². The van der Waals surface area contributed by atoms with E-state index in [1.807, 2.05) is 12.2 Å². The molecule has 2 atom stereocenters. The summed E-state index contributed by atoms with van der Waals surface area (Å²) in [6, 6.07) is 0. The van der Waals surface area contributed by atoms with Crippen molar-refractivity contribution in [3.8, 4) is 0 Å². The average molecular weight is 190 g/mol. The lowest BCUT2D eigenvalue weighted by molar-refractivity contribution is 0.358. The lowest BCUT2D eigenvalue weighted by atomic mass is 9.75. The molecule has 1 aliphatic rings. The van der Waals surface area contributed by atoms with Crippen molar-refractivity contribution in [3.05, 3.63) is 36.5 Å². The third-order valence-corrected chi connectivity index (χ3v) is 3.53. The van der Waals surface area contributed by atoms with E-state index in [2.05, 4.69) is 27.0 Å². The zero-order chi connectivity index (χ0) is 10.6. The van der Waals surface area contributed by atoms with Gasteiger partial charge in [0.25, 0.3) is 0 Å². The molecule has 0 saturated carbocycles. The van der Waals surface area contributed by atoms with Gasteiger partial charge >= 0.3 is 0 Å². The molecule has 0 amide bonds. The number of hydrogen-bond donors (Lipinski definition) is 0. The van der Waals surface area contributed by atoms with Crippen LogP contribution in [0.2, 0.25) is 0 Å². The van der Waals surface area contributed by atoms with Crippen molar-refractivity contribution < 1.29 is 0 Å². The molecule has 14 heavy (non-hydrogen) atoms. The quantitative estimate of drug-likeness (QED) is 0.612. The van der Waals surface area contributed by atoms with E-state index < -0.39 is 0 Å². The Labute approximate surface area is 88.4 Å². The van der Waals surface area contributed by atoms with Crippen LogP contribution in [-0.4, -0.2) is 0 Å². The standard InChI is InChI=1S/C14H22/c1-5-11(4)14-10-8-9-12(6-2)13(14)7-3/h6-7,11,14H,2-3,5,8-10H2,1,4H3. The van der Waals surface area contributed by atoms with Crippen LogP contribution in [0.4, 0.5) is 0 Å². The third-order valence-electron chi connectivity index (χ3n) is 3.53. The van der Waals surface area contributed by atoms with Crippen LogP contribution < -0.4 is 0 Å². The molecule has 0 spiro atoms. The Morgan fingerprint density at radius 1 is 1.43 bits per heavy atom. The molecule has 0 aromatic rings. The maximum absolute atomic E-state index is 3.94. The molecule has 0 fully saturated rings. The molecule has 0 aliphatic heterocycles. The van der Waals surface area contributed by atoms with Gasteiger partial charge in [-0.05, 0) is 42.2 Å². The van der Waals surface area contributed by atoms with Gasteiger partial charge in [-0.25, -0.2) is 0 Å². The number of rotatable bonds is 4. The normalized spacial score (nSPS) is 24.6. The van der Waals surface area contributed by atoms with Crippen LogP contribution in [0.1, 0.15) is 39.5 Å². The molecule has 1 aliphatic carbocycles. The minimum atomic E-state index is 0.722. The SMILES string of the molecule is C=CC1=C(C=C)C(C(C)CC)CCC1. The minimum absolute atomic E-state index is 0.722. The van der Waals surface area contributed by atoms with Crippen molar-refractivity contribution in [2.45, 2.75) is 39.5 Å². The molecule has 78 valence electrons. The maximum Gasteiger partial charge on any atom is -0.0134 e. The molecule has 2 unspecified atom stereocenters. The summed E-state index contributed by atoms with van der Waals surface area (Å²) in [6.07, 6.45) is 9.16. The summed E-state index contributed by atoms with van der Waals surface area (Å²) in [6.45, 7) is 12.5. The zero-order valence-corrected chi connectivity index (χ0v) is 9.55. The monoisotopic (exact) mass is 190 g/mol. The summed E-state index contributed by atoms with van der Waals surface area (Å²) in [5, 5.41) is 0. The van der Waals surface area contributed by atoms with E-state index in [1.165, 1.54) is 36.8 Å². The summed E-state index contributed by atoms with van der Waals surface area (Å²) in [5.41, 5.74) is 2.89. The topological polar surface area (TPSA) is 0 Å². The van der Waals surface area contributed by atoms with Crippen LogP contribution >= 0.6 is 0 Å². The Balaban J connectivity index is 2.95. The van der Waals surface area contributed by atoms with Crippen molar-refractivity contribution in [2.24, 2.45) is 11.8 Å². The highest BCUT2D eigenvalue weighted by Crippen LogP contribution is 2.37. The van der Waals surface area contributed by atoms with Crippen LogP contribution in [-0.2, 0) is 0 Å². The Bertz CT molecular complexity index is 245. The lowest BCUT2D eigenvalue weighted by Crippen LogP contribution is -2.17. The predicted molar refractivity (Wildman–Crippen MR) is 64.2 cm³/mol. The van der Waals surface area contributed by atoms with Crippen LogP contribution in [0.15, 0.2) is 36.5 Å². The summed E-state index contributed by atoms with van der Waals surface area (Å²) in [5.74, 6) is 1.50. The molecule has 0 saturated heterocycles. The van der Waals surface area contributed by atoms with E-state index in [9.17, 15) is 0 Å². The van der Waals surface area contributed by atoms with Gasteiger partial charge in [-0.15, -0.1) is 0 Å². The maximum atomic E-state index is 3.94. The van der Waals surface area contributed by atoms with Crippen molar-refractivity contribution in [3.63, 3.8) is 0 Å². The van der Waals surface area contributed by atoms with Gasteiger partial charge in [0.1, 0.15) is 0 Å². The van der Waals surface area contributed by atoms with E-state index in [0.29, 0.717) is 0 Å². The second-order valence-corrected chi connectivity index (χ2v) is 4.27.